The van der Waals surface area contributed by atoms with Gasteiger partial charge in [0, 0.05) is 56.1 Å². The van der Waals surface area contributed by atoms with Crippen molar-refractivity contribution in [3.8, 4) is 0 Å². The van der Waals surface area contributed by atoms with Crippen LogP contribution in [0.15, 0.2) is 42.5 Å². The van der Waals surface area contributed by atoms with Crippen molar-refractivity contribution in [3.05, 3.63) is 42.5 Å². The maximum atomic E-state index is 7.75. The standard InChI is InChI=1S/C19H25N7O/c1-15(24-8-10-27-11-9-24)16(12-20)13-21-17-14-22-26-7-4-18(23-19(17)26)25-5-2-3-6-25/h4,7,12-14,20-21H,1-3,5-6,8-11H2/b16-13+,20-12?. The number of nitrogens with one attached hydrogen (secondary N) is 2. The zero-order valence-corrected chi connectivity index (χ0v) is 15.4. The van der Waals surface area contributed by atoms with Crippen LogP contribution in [-0.4, -0.2) is 65.1 Å². The molecular formula is C19H25N7O. The molecule has 2 N–H and O–H groups in total. The van der Waals surface area contributed by atoms with Crippen LogP contribution in [0, 0.1) is 5.41 Å². The summed E-state index contributed by atoms with van der Waals surface area (Å²) in [5.74, 6) is 0.984. The first-order valence-electron chi connectivity index (χ1n) is 9.35. The van der Waals surface area contributed by atoms with Gasteiger partial charge in [0.2, 0.25) is 0 Å². The molecule has 8 heteroatoms. The van der Waals surface area contributed by atoms with Gasteiger partial charge in [0.15, 0.2) is 5.65 Å². The molecule has 0 bridgehead atoms. The summed E-state index contributed by atoms with van der Waals surface area (Å²) < 4.78 is 7.15. The minimum absolute atomic E-state index is 0.689. The Bertz CT molecular complexity index is 860. The van der Waals surface area contributed by atoms with Crippen LogP contribution >= 0.6 is 0 Å². The number of aromatic nitrogens is 3. The van der Waals surface area contributed by atoms with E-state index in [2.05, 4.69) is 26.8 Å². The maximum absolute atomic E-state index is 7.75. The van der Waals surface area contributed by atoms with Crippen LogP contribution in [0.4, 0.5) is 11.5 Å². The van der Waals surface area contributed by atoms with E-state index in [9.17, 15) is 0 Å². The predicted molar refractivity (Wildman–Crippen MR) is 106 cm³/mol. The normalized spacial score (nSPS) is 18.1. The molecule has 142 valence electrons. The lowest BCUT2D eigenvalue weighted by molar-refractivity contribution is 0.0553. The molecule has 0 radical (unpaired) electrons. The van der Waals surface area contributed by atoms with E-state index in [1.807, 2.05) is 12.3 Å². The number of fused-ring (bicyclic) bond motifs is 1. The third kappa shape index (κ3) is 3.66. The van der Waals surface area contributed by atoms with E-state index >= 15 is 0 Å². The molecule has 0 aromatic carbocycles. The molecule has 4 heterocycles. The van der Waals surface area contributed by atoms with Crippen molar-refractivity contribution in [2.75, 3.05) is 49.6 Å². The number of morpholine rings is 1. The molecule has 2 fully saturated rings. The molecule has 0 atom stereocenters. The fraction of sp³-hybridized carbons (Fsp3) is 0.421. The highest BCUT2D eigenvalue weighted by Gasteiger charge is 2.16. The first kappa shape index (κ1) is 17.5. The van der Waals surface area contributed by atoms with E-state index in [0.717, 1.165) is 54.6 Å². The van der Waals surface area contributed by atoms with Gasteiger partial charge in [0.25, 0.3) is 0 Å². The van der Waals surface area contributed by atoms with Gasteiger partial charge < -0.3 is 25.3 Å². The Hall–Kier alpha value is -2.87. The first-order valence-corrected chi connectivity index (χ1v) is 9.35. The van der Waals surface area contributed by atoms with Crippen LogP contribution in [-0.2, 0) is 4.74 Å². The largest absolute Gasteiger partial charge is 0.378 e. The fourth-order valence-electron chi connectivity index (χ4n) is 3.46. The van der Waals surface area contributed by atoms with Crippen molar-refractivity contribution < 1.29 is 4.74 Å². The van der Waals surface area contributed by atoms with Crippen LogP contribution in [0.1, 0.15) is 12.8 Å². The van der Waals surface area contributed by atoms with Gasteiger partial charge in [-0.1, -0.05) is 6.58 Å². The summed E-state index contributed by atoms with van der Waals surface area (Å²) >= 11 is 0. The average Bonchev–Trinajstić information content (AvgIpc) is 3.39. The summed E-state index contributed by atoms with van der Waals surface area (Å²) in [6, 6.07) is 2.01. The average molecular weight is 367 g/mol. The zero-order chi connectivity index (χ0) is 18.6. The summed E-state index contributed by atoms with van der Waals surface area (Å²) in [6.07, 6.45) is 9.24. The summed E-state index contributed by atoms with van der Waals surface area (Å²) in [5.41, 5.74) is 3.14. The number of allylic oxidation sites excluding steroid dienone is 1. The summed E-state index contributed by atoms with van der Waals surface area (Å²) in [7, 11) is 0. The van der Waals surface area contributed by atoms with Crippen molar-refractivity contribution in [3.63, 3.8) is 0 Å². The van der Waals surface area contributed by atoms with Crippen molar-refractivity contribution in [2.24, 2.45) is 0 Å². The molecule has 2 saturated heterocycles. The van der Waals surface area contributed by atoms with E-state index in [0.29, 0.717) is 13.2 Å². The van der Waals surface area contributed by atoms with Crippen molar-refractivity contribution in [1.82, 2.24) is 19.5 Å². The van der Waals surface area contributed by atoms with E-state index in [1.165, 1.54) is 19.1 Å². The zero-order valence-electron chi connectivity index (χ0n) is 15.4. The van der Waals surface area contributed by atoms with Gasteiger partial charge in [-0.15, -0.1) is 0 Å². The Balaban J connectivity index is 1.54. The Kier molecular flexibility index (Phi) is 5.06. The third-order valence-electron chi connectivity index (χ3n) is 5.05. The van der Waals surface area contributed by atoms with E-state index in [4.69, 9.17) is 15.1 Å². The monoisotopic (exact) mass is 367 g/mol. The molecule has 8 nitrogen and oxygen atoms in total. The highest BCUT2D eigenvalue weighted by Crippen LogP contribution is 2.22. The van der Waals surface area contributed by atoms with Crippen LogP contribution in [0.25, 0.3) is 5.65 Å². The van der Waals surface area contributed by atoms with E-state index in [-0.39, 0.29) is 0 Å². The van der Waals surface area contributed by atoms with Crippen LogP contribution < -0.4 is 10.2 Å². The molecule has 2 aromatic heterocycles. The predicted octanol–water partition coefficient (Wildman–Crippen LogP) is 2.12. The molecule has 0 aliphatic carbocycles. The number of rotatable bonds is 6. The Labute approximate surface area is 158 Å². The smallest absolute Gasteiger partial charge is 0.180 e. The fourth-order valence-corrected chi connectivity index (χ4v) is 3.46. The van der Waals surface area contributed by atoms with Crippen molar-refractivity contribution in [2.45, 2.75) is 12.8 Å². The van der Waals surface area contributed by atoms with Gasteiger partial charge >= 0.3 is 0 Å². The number of ether oxygens (including phenoxy) is 1. The van der Waals surface area contributed by atoms with Crippen LogP contribution in [0.3, 0.4) is 0 Å². The Morgan fingerprint density at radius 1 is 1.22 bits per heavy atom. The third-order valence-corrected chi connectivity index (χ3v) is 5.05. The van der Waals surface area contributed by atoms with Gasteiger partial charge in [-0.25, -0.2) is 9.50 Å². The topological polar surface area (TPSA) is 81.8 Å². The van der Waals surface area contributed by atoms with E-state index < -0.39 is 0 Å². The number of anilines is 2. The second kappa shape index (κ2) is 7.79. The molecule has 0 saturated carbocycles. The van der Waals surface area contributed by atoms with Gasteiger partial charge in [-0.05, 0) is 18.9 Å². The number of hydrogen-bond donors (Lipinski definition) is 2. The second-order valence-electron chi connectivity index (χ2n) is 6.74. The minimum Gasteiger partial charge on any atom is -0.378 e. The highest BCUT2D eigenvalue weighted by atomic mass is 16.5. The minimum atomic E-state index is 0.689. The number of nitrogens with zero attached hydrogens (tertiary/aromatic N) is 5. The Morgan fingerprint density at radius 2 is 2.00 bits per heavy atom. The van der Waals surface area contributed by atoms with Crippen LogP contribution in [0.5, 0.6) is 0 Å². The quantitative estimate of drug-likeness (QED) is 0.601. The summed E-state index contributed by atoms with van der Waals surface area (Å²) in [5, 5.41) is 15.4. The number of hydrogen-bond acceptors (Lipinski definition) is 7. The van der Waals surface area contributed by atoms with Gasteiger partial charge in [0.05, 0.1) is 19.4 Å². The second-order valence-corrected chi connectivity index (χ2v) is 6.74. The molecule has 0 unspecified atom stereocenters. The lowest BCUT2D eigenvalue weighted by Gasteiger charge is -2.30. The SMILES string of the molecule is C=C(/C(C=N)=C/Nc1cnn2ccc(N3CCCC3)nc12)N1CCOCC1. The molecule has 2 aromatic rings. The maximum Gasteiger partial charge on any atom is 0.180 e. The molecule has 27 heavy (non-hydrogen) atoms. The lowest BCUT2D eigenvalue weighted by atomic mass is 10.2. The molecule has 0 spiro atoms. The Morgan fingerprint density at radius 3 is 2.74 bits per heavy atom. The highest BCUT2D eigenvalue weighted by molar-refractivity contribution is 5.83. The molecular weight excluding hydrogens is 342 g/mol. The van der Waals surface area contributed by atoms with Crippen molar-refractivity contribution in [1.29, 1.82) is 5.41 Å². The van der Waals surface area contributed by atoms with Gasteiger partial charge in [-0.2, -0.15) is 5.10 Å². The lowest BCUT2D eigenvalue weighted by Crippen LogP contribution is -2.36. The summed E-state index contributed by atoms with van der Waals surface area (Å²) in [4.78, 5) is 9.23. The first-order chi connectivity index (χ1) is 13.3. The molecule has 2 aliphatic heterocycles. The van der Waals surface area contributed by atoms with Crippen molar-refractivity contribution >= 4 is 23.4 Å². The summed E-state index contributed by atoms with van der Waals surface area (Å²) in [6.45, 7) is 9.22. The van der Waals surface area contributed by atoms with Crippen LogP contribution in [0.2, 0.25) is 0 Å². The van der Waals surface area contributed by atoms with E-state index in [1.54, 1.807) is 16.9 Å². The molecule has 0 amide bonds. The molecule has 4 rings (SSSR count). The van der Waals surface area contributed by atoms with Gasteiger partial charge in [-0.3, -0.25) is 0 Å². The van der Waals surface area contributed by atoms with Gasteiger partial charge in [0.1, 0.15) is 11.5 Å². The molecule has 2 aliphatic rings.